The molecule has 0 N–H and O–H groups in total. The number of hydrogen-bond donors (Lipinski definition) is 0. The second kappa shape index (κ2) is 8.37. The maximum atomic E-state index is 12.6. The van der Waals surface area contributed by atoms with Crippen molar-refractivity contribution in [2.75, 3.05) is 26.3 Å². The highest BCUT2D eigenvalue weighted by Crippen LogP contribution is 2.25. The summed E-state index contributed by atoms with van der Waals surface area (Å²) in [4.78, 5) is 14.5. The van der Waals surface area contributed by atoms with Gasteiger partial charge in [-0.05, 0) is 42.3 Å². The molecule has 0 saturated carbocycles. The number of carbonyl (C=O) groups is 1. The van der Waals surface area contributed by atoms with Gasteiger partial charge in [0.05, 0.1) is 26.2 Å². The van der Waals surface area contributed by atoms with Crippen molar-refractivity contribution in [2.24, 2.45) is 0 Å². The van der Waals surface area contributed by atoms with Crippen LogP contribution >= 0.6 is 11.6 Å². The number of hydrogen-bond acceptors (Lipinski definition) is 3. The number of carbonyl (C=O) groups excluding carboxylic acids is 1. The van der Waals surface area contributed by atoms with E-state index in [4.69, 9.17) is 21.1 Å². The molecule has 0 aliphatic carbocycles. The monoisotopic (exact) mass is 359 g/mol. The lowest BCUT2D eigenvalue weighted by Gasteiger charge is -2.33. The minimum Gasteiger partial charge on any atom is -0.494 e. The number of rotatable bonds is 5. The number of benzene rings is 2. The standard InChI is InChI=1S/C20H22ClNO3/c1-2-24-18-8-6-15(7-9-18)12-20(23)22-10-11-25-19(14-22)16-4-3-5-17(21)13-16/h3-9,13,19H,2,10-12,14H2,1H3. The van der Waals surface area contributed by atoms with Gasteiger partial charge in [-0.3, -0.25) is 4.79 Å². The van der Waals surface area contributed by atoms with Gasteiger partial charge >= 0.3 is 0 Å². The summed E-state index contributed by atoms with van der Waals surface area (Å²) in [7, 11) is 0. The third-order valence-electron chi connectivity index (χ3n) is 4.23. The Bertz CT molecular complexity index is 717. The van der Waals surface area contributed by atoms with Crippen LogP contribution in [-0.2, 0) is 16.0 Å². The third kappa shape index (κ3) is 4.74. The van der Waals surface area contributed by atoms with Crippen molar-refractivity contribution >= 4 is 17.5 Å². The van der Waals surface area contributed by atoms with Crippen LogP contribution < -0.4 is 4.74 Å². The van der Waals surface area contributed by atoms with Crippen molar-refractivity contribution in [1.82, 2.24) is 4.90 Å². The molecule has 25 heavy (non-hydrogen) atoms. The molecule has 1 atom stereocenters. The average molecular weight is 360 g/mol. The lowest BCUT2D eigenvalue weighted by atomic mass is 10.1. The quantitative estimate of drug-likeness (QED) is 0.813. The van der Waals surface area contributed by atoms with Crippen LogP contribution in [-0.4, -0.2) is 37.1 Å². The van der Waals surface area contributed by atoms with E-state index in [-0.39, 0.29) is 12.0 Å². The number of nitrogens with zero attached hydrogens (tertiary/aromatic N) is 1. The van der Waals surface area contributed by atoms with Gasteiger partial charge in [-0.25, -0.2) is 0 Å². The minimum absolute atomic E-state index is 0.111. The molecule has 1 amide bonds. The highest BCUT2D eigenvalue weighted by Gasteiger charge is 2.25. The Labute approximate surface area is 153 Å². The second-order valence-corrected chi connectivity index (χ2v) is 6.44. The first-order valence-corrected chi connectivity index (χ1v) is 8.90. The molecule has 1 fully saturated rings. The van der Waals surface area contributed by atoms with E-state index in [1.54, 1.807) is 0 Å². The molecule has 4 nitrogen and oxygen atoms in total. The summed E-state index contributed by atoms with van der Waals surface area (Å²) in [6.45, 7) is 4.29. The lowest BCUT2D eigenvalue weighted by Crippen LogP contribution is -2.42. The summed E-state index contributed by atoms with van der Waals surface area (Å²) >= 11 is 6.06. The van der Waals surface area contributed by atoms with Crippen LogP contribution in [0.2, 0.25) is 5.02 Å². The fourth-order valence-corrected chi connectivity index (χ4v) is 3.14. The molecule has 5 heteroatoms. The first-order valence-electron chi connectivity index (χ1n) is 8.52. The van der Waals surface area contributed by atoms with Gasteiger partial charge in [-0.1, -0.05) is 35.9 Å². The third-order valence-corrected chi connectivity index (χ3v) is 4.46. The molecular weight excluding hydrogens is 338 g/mol. The van der Waals surface area contributed by atoms with Gasteiger partial charge in [0.2, 0.25) is 5.91 Å². The Morgan fingerprint density at radius 3 is 2.80 bits per heavy atom. The second-order valence-electron chi connectivity index (χ2n) is 6.01. The van der Waals surface area contributed by atoms with Gasteiger partial charge < -0.3 is 14.4 Å². The van der Waals surface area contributed by atoms with E-state index < -0.39 is 0 Å². The van der Waals surface area contributed by atoms with Crippen molar-refractivity contribution in [2.45, 2.75) is 19.4 Å². The van der Waals surface area contributed by atoms with E-state index >= 15 is 0 Å². The summed E-state index contributed by atoms with van der Waals surface area (Å²) in [6, 6.07) is 15.3. The topological polar surface area (TPSA) is 38.8 Å². The Hall–Kier alpha value is -2.04. The molecular formula is C20H22ClNO3. The summed E-state index contributed by atoms with van der Waals surface area (Å²) < 4.78 is 11.3. The van der Waals surface area contributed by atoms with Crippen molar-refractivity contribution in [1.29, 1.82) is 0 Å². The molecule has 0 spiro atoms. The smallest absolute Gasteiger partial charge is 0.227 e. The van der Waals surface area contributed by atoms with Gasteiger partial charge in [0.1, 0.15) is 11.9 Å². The molecule has 1 saturated heterocycles. The first kappa shape index (κ1) is 17.8. The van der Waals surface area contributed by atoms with Crippen LogP contribution in [0.3, 0.4) is 0 Å². The zero-order chi connectivity index (χ0) is 17.6. The molecule has 0 bridgehead atoms. The Balaban J connectivity index is 1.61. The van der Waals surface area contributed by atoms with E-state index in [0.29, 0.717) is 37.7 Å². The largest absolute Gasteiger partial charge is 0.494 e. The predicted octanol–water partition coefficient (Wildman–Crippen LogP) is 3.88. The highest BCUT2D eigenvalue weighted by atomic mass is 35.5. The highest BCUT2D eigenvalue weighted by molar-refractivity contribution is 6.30. The minimum atomic E-state index is -0.128. The average Bonchev–Trinajstić information content (AvgIpc) is 2.64. The zero-order valence-electron chi connectivity index (χ0n) is 14.3. The van der Waals surface area contributed by atoms with Crippen LogP contribution in [0, 0.1) is 0 Å². The van der Waals surface area contributed by atoms with Crippen molar-refractivity contribution in [3.63, 3.8) is 0 Å². The van der Waals surface area contributed by atoms with E-state index in [9.17, 15) is 4.79 Å². The predicted molar refractivity (Wildman–Crippen MR) is 98.0 cm³/mol. The molecule has 0 aromatic heterocycles. The summed E-state index contributed by atoms with van der Waals surface area (Å²) in [5, 5.41) is 0.680. The first-order chi connectivity index (χ1) is 12.2. The van der Waals surface area contributed by atoms with Crippen LogP contribution in [0.25, 0.3) is 0 Å². The van der Waals surface area contributed by atoms with Gasteiger partial charge in [0, 0.05) is 11.6 Å². The number of ether oxygens (including phenoxy) is 2. The molecule has 1 aliphatic heterocycles. The normalized spacial score (nSPS) is 17.4. The van der Waals surface area contributed by atoms with E-state index in [2.05, 4.69) is 0 Å². The summed E-state index contributed by atoms with van der Waals surface area (Å²) in [5.41, 5.74) is 1.99. The van der Waals surface area contributed by atoms with E-state index in [1.807, 2.05) is 60.4 Å². The summed E-state index contributed by atoms with van der Waals surface area (Å²) in [5.74, 6) is 0.936. The zero-order valence-corrected chi connectivity index (χ0v) is 15.0. The van der Waals surface area contributed by atoms with Crippen molar-refractivity contribution in [3.05, 3.63) is 64.7 Å². The molecule has 1 heterocycles. The molecule has 1 unspecified atom stereocenters. The van der Waals surface area contributed by atoms with Crippen LogP contribution in [0.1, 0.15) is 24.2 Å². The van der Waals surface area contributed by atoms with Crippen molar-refractivity contribution < 1.29 is 14.3 Å². The van der Waals surface area contributed by atoms with Crippen LogP contribution in [0.5, 0.6) is 5.75 Å². The van der Waals surface area contributed by atoms with Gasteiger partial charge in [-0.15, -0.1) is 0 Å². The Morgan fingerprint density at radius 2 is 2.08 bits per heavy atom. The molecule has 2 aromatic rings. The number of morpholine rings is 1. The maximum Gasteiger partial charge on any atom is 0.227 e. The van der Waals surface area contributed by atoms with Gasteiger partial charge in [0.25, 0.3) is 0 Å². The van der Waals surface area contributed by atoms with Gasteiger partial charge in [-0.2, -0.15) is 0 Å². The molecule has 1 aliphatic rings. The number of halogens is 1. The van der Waals surface area contributed by atoms with Crippen LogP contribution in [0.15, 0.2) is 48.5 Å². The summed E-state index contributed by atoms with van der Waals surface area (Å²) in [6.07, 6.45) is 0.256. The Morgan fingerprint density at radius 1 is 1.28 bits per heavy atom. The molecule has 132 valence electrons. The molecule has 3 rings (SSSR count). The van der Waals surface area contributed by atoms with Crippen LogP contribution in [0.4, 0.5) is 0 Å². The Kier molecular flexibility index (Phi) is 5.95. The lowest BCUT2D eigenvalue weighted by molar-refractivity contribution is -0.138. The molecule has 2 aromatic carbocycles. The maximum absolute atomic E-state index is 12.6. The number of amides is 1. The van der Waals surface area contributed by atoms with Crippen molar-refractivity contribution in [3.8, 4) is 5.75 Å². The molecule has 0 radical (unpaired) electrons. The van der Waals surface area contributed by atoms with E-state index in [0.717, 1.165) is 16.9 Å². The fraction of sp³-hybridized carbons (Fsp3) is 0.350. The fourth-order valence-electron chi connectivity index (χ4n) is 2.94. The van der Waals surface area contributed by atoms with Gasteiger partial charge in [0.15, 0.2) is 0 Å². The SMILES string of the molecule is CCOc1ccc(CC(=O)N2CCOC(c3cccc(Cl)c3)C2)cc1. The van der Waals surface area contributed by atoms with E-state index in [1.165, 1.54) is 0 Å².